The molecular formula is C14H20ClNO. The van der Waals surface area contributed by atoms with Crippen LogP contribution in [0.2, 0.25) is 0 Å². The van der Waals surface area contributed by atoms with E-state index < -0.39 is 0 Å². The molecule has 0 aliphatic rings. The van der Waals surface area contributed by atoms with Crippen LogP contribution in [0.4, 0.5) is 0 Å². The van der Waals surface area contributed by atoms with Crippen molar-refractivity contribution in [3.8, 4) is 0 Å². The molecule has 0 spiro atoms. The maximum atomic E-state index is 12.0. The molecule has 2 nitrogen and oxygen atoms in total. The standard InChI is InChI=1S/C14H20ClNO/c1-12(2)16(14(17)9-6-10-15)11-13-7-4-3-5-8-13/h3-5,7-8,12H,6,9-11H2,1-2H3. The van der Waals surface area contributed by atoms with Crippen LogP contribution in [0.1, 0.15) is 32.3 Å². The Hall–Kier alpha value is -1.02. The van der Waals surface area contributed by atoms with Crippen LogP contribution in [0.25, 0.3) is 0 Å². The highest BCUT2D eigenvalue weighted by Gasteiger charge is 2.16. The first kappa shape index (κ1) is 14.0. The van der Waals surface area contributed by atoms with Crippen LogP contribution in [-0.2, 0) is 11.3 Å². The number of amides is 1. The molecule has 0 atom stereocenters. The molecule has 0 saturated carbocycles. The van der Waals surface area contributed by atoms with Crippen LogP contribution >= 0.6 is 11.6 Å². The van der Waals surface area contributed by atoms with Gasteiger partial charge in [0.2, 0.25) is 5.91 Å². The van der Waals surface area contributed by atoms with Gasteiger partial charge in [0.25, 0.3) is 0 Å². The normalized spacial score (nSPS) is 10.6. The maximum absolute atomic E-state index is 12.0. The summed E-state index contributed by atoms with van der Waals surface area (Å²) in [6.07, 6.45) is 1.28. The fourth-order valence-corrected chi connectivity index (χ4v) is 1.83. The third-order valence-electron chi connectivity index (χ3n) is 2.66. The zero-order valence-corrected chi connectivity index (χ0v) is 11.3. The zero-order chi connectivity index (χ0) is 12.7. The van der Waals surface area contributed by atoms with E-state index in [1.54, 1.807) is 0 Å². The molecule has 17 heavy (non-hydrogen) atoms. The van der Waals surface area contributed by atoms with Crippen molar-refractivity contribution in [2.45, 2.75) is 39.3 Å². The van der Waals surface area contributed by atoms with Crippen LogP contribution in [0.3, 0.4) is 0 Å². The van der Waals surface area contributed by atoms with Gasteiger partial charge in [0.15, 0.2) is 0 Å². The molecule has 1 aromatic rings. The Labute approximate surface area is 109 Å². The number of rotatable bonds is 6. The van der Waals surface area contributed by atoms with Crippen molar-refractivity contribution >= 4 is 17.5 Å². The van der Waals surface area contributed by atoms with Crippen molar-refractivity contribution in [2.24, 2.45) is 0 Å². The average Bonchev–Trinajstić information content (AvgIpc) is 2.34. The SMILES string of the molecule is CC(C)N(Cc1ccccc1)C(=O)CCCCl. The van der Waals surface area contributed by atoms with Crippen molar-refractivity contribution in [1.82, 2.24) is 4.90 Å². The Morgan fingerprint density at radius 2 is 1.94 bits per heavy atom. The Kier molecular flexibility index (Phi) is 6.06. The van der Waals surface area contributed by atoms with E-state index in [1.165, 1.54) is 5.56 Å². The molecule has 0 saturated heterocycles. The zero-order valence-electron chi connectivity index (χ0n) is 10.5. The van der Waals surface area contributed by atoms with Crippen molar-refractivity contribution in [3.63, 3.8) is 0 Å². The highest BCUT2D eigenvalue weighted by molar-refractivity contribution is 6.17. The van der Waals surface area contributed by atoms with Crippen molar-refractivity contribution in [3.05, 3.63) is 35.9 Å². The Morgan fingerprint density at radius 3 is 2.47 bits per heavy atom. The van der Waals surface area contributed by atoms with E-state index in [9.17, 15) is 4.79 Å². The monoisotopic (exact) mass is 253 g/mol. The lowest BCUT2D eigenvalue weighted by Gasteiger charge is -2.27. The lowest BCUT2D eigenvalue weighted by Crippen LogP contribution is -2.36. The predicted molar refractivity (Wildman–Crippen MR) is 72.1 cm³/mol. The molecule has 0 fully saturated rings. The van der Waals surface area contributed by atoms with Gasteiger partial charge in [-0.05, 0) is 25.8 Å². The molecule has 0 N–H and O–H groups in total. The number of carbonyl (C=O) groups is 1. The summed E-state index contributed by atoms with van der Waals surface area (Å²) >= 11 is 5.62. The molecule has 0 aliphatic carbocycles. The van der Waals surface area contributed by atoms with Crippen LogP contribution in [0.15, 0.2) is 30.3 Å². The van der Waals surface area contributed by atoms with E-state index >= 15 is 0 Å². The second kappa shape index (κ2) is 7.33. The molecule has 0 aromatic heterocycles. The fourth-order valence-electron chi connectivity index (χ4n) is 1.70. The quantitative estimate of drug-likeness (QED) is 0.712. The first-order valence-corrected chi connectivity index (χ1v) is 6.58. The van der Waals surface area contributed by atoms with Gasteiger partial charge in [-0.1, -0.05) is 30.3 Å². The van der Waals surface area contributed by atoms with Gasteiger partial charge in [-0.25, -0.2) is 0 Å². The summed E-state index contributed by atoms with van der Waals surface area (Å²) in [6.45, 7) is 4.77. The summed E-state index contributed by atoms with van der Waals surface area (Å²) in [7, 11) is 0. The van der Waals surface area contributed by atoms with Gasteiger partial charge in [-0.3, -0.25) is 4.79 Å². The van der Waals surface area contributed by atoms with Crippen molar-refractivity contribution < 1.29 is 4.79 Å². The van der Waals surface area contributed by atoms with Crippen LogP contribution in [-0.4, -0.2) is 22.7 Å². The Balaban J connectivity index is 2.63. The summed E-state index contributed by atoms with van der Waals surface area (Å²) in [5, 5.41) is 0. The lowest BCUT2D eigenvalue weighted by molar-refractivity contribution is -0.133. The predicted octanol–water partition coefficient (Wildman–Crippen LogP) is 3.44. The Bertz CT molecular complexity index is 337. The molecular weight excluding hydrogens is 234 g/mol. The minimum Gasteiger partial charge on any atom is -0.336 e. The van der Waals surface area contributed by atoms with E-state index in [2.05, 4.69) is 0 Å². The first-order valence-electron chi connectivity index (χ1n) is 6.04. The van der Waals surface area contributed by atoms with Gasteiger partial charge in [0.1, 0.15) is 0 Å². The van der Waals surface area contributed by atoms with Crippen molar-refractivity contribution in [2.75, 3.05) is 5.88 Å². The second-order valence-corrected chi connectivity index (χ2v) is 4.77. The molecule has 0 aliphatic heterocycles. The highest BCUT2D eigenvalue weighted by Crippen LogP contribution is 2.11. The maximum Gasteiger partial charge on any atom is 0.223 e. The van der Waals surface area contributed by atoms with Gasteiger partial charge in [-0.2, -0.15) is 0 Å². The third kappa shape index (κ3) is 4.78. The lowest BCUT2D eigenvalue weighted by atomic mass is 10.1. The van der Waals surface area contributed by atoms with Gasteiger partial charge in [0.05, 0.1) is 0 Å². The minimum atomic E-state index is 0.185. The van der Waals surface area contributed by atoms with Gasteiger partial charge in [-0.15, -0.1) is 11.6 Å². The van der Waals surface area contributed by atoms with Crippen LogP contribution in [0, 0.1) is 0 Å². The number of halogens is 1. The van der Waals surface area contributed by atoms with E-state index in [0.29, 0.717) is 18.8 Å². The minimum absolute atomic E-state index is 0.185. The topological polar surface area (TPSA) is 20.3 Å². The van der Waals surface area contributed by atoms with E-state index in [-0.39, 0.29) is 11.9 Å². The molecule has 3 heteroatoms. The molecule has 0 unspecified atom stereocenters. The van der Waals surface area contributed by atoms with Gasteiger partial charge < -0.3 is 4.90 Å². The highest BCUT2D eigenvalue weighted by atomic mass is 35.5. The van der Waals surface area contributed by atoms with Crippen molar-refractivity contribution in [1.29, 1.82) is 0 Å². The number of benzene rings is 1. The van der Waals surface area contributed by atoms with Gasteiger partial charge in [0, 0.05) is 24.9 Å². The smallest absolute Gasteiger partial charge is 0.223 e. The molecule has 1 aromatic carbocycles. The molecule has 94 valence electrons. The van der Waals surface area contributed by atoms with Gasteiger partial charge >= 0.3 is 0 Å². The number of alkyl halides is 1. The molecule has 1 amide bonds. The third-order valence-corrected chi connectivity index (χ3v) is 2.93. The van der Waals surface area contributed by atoms with E-state index in [0.717, 1.165) is 6.42 Å². The molecule has 0 bridgehead atoms. The number of hydrogen-bond donors (Lipinski definition) is 0. The Morgan fingerprint density at radius 1 is 1.29 bits per heavy atom. The first-order chi connectivity index (χ1) is 8.15. The number of nitrogens with zero attached hydrogens (tertiary/aromatic N) is 1. The summed E-state index contributed by atoms with van der Waals surface area (Å²) in [5.41, 5.74) is 1.17. The average molecular weight is 254 g/mol. The summed E-state index contributed by atoms with van der Waals surface area (Å²) in [5.74, 6) is 0.729. The number of hydrogen-bond acceptors (Lipinski definition) is 1. The van der Waals surface area contributed by atoms with Crippen LogP contribution in [0.5, 0.6) is 0 Å². The van der Waals surface area contributed by atoms with E-state index in [4.69, 9.17) is 11.6 Å². The fraction of sp³-hybridized carbons (Fsp3) is 0.500. The van der Waals surface area contributed by atoms with E-state index in [1.807, 2.05) is 49.1 Å². The second-order valence-electron chi connectivity index (χ2n) is 4.39. The molecule has 1 rings (SSSR count). The molecule has 0 heterocycles. The summed E-state index contributed by atoms with van der Waals surface area (Å²) in [4.78, 5) is 13.9. The summed E-state index contributed by atoms with van der Waals surface area (Å²) < 4.78 is 0. The largest absolute Gasteiger partial charge is 0.336 e. The number of carbonyl (C=O) groups excluding carboxylic acids is 1. The molecule has 0 radical (unpaired) electrons. The van der Waals surface area contributed by atoms with Crippen LogP contribution < -0.4 is 0 Å². The summed E-state index contributed by atoms with van der Waals surface area (Å²) in [6, 6.07) is 10.3.